The number of carbonyl (C=O) groups excluding carboxylic acids is 2. The Bertz CT molecular complexity index is 1080. The first-order valence-electron chi connectivity index (χ1n) is 9.47. The van der Waals surface area contributed by atoms with Crippen molar-refractivity contribution < 1.29 is 14.3 Å². The van der Waals surface area contributed by atoms with Crippen molar-refractivity contribution in [2.75, 3.05) is 11.9 Å². The van der Waals surface area contributed by atoms with Gasteiger partial charge in [-0.15, -0.1) is 0 Å². The van der Waals surface area contributed by atoms with Gasteiger partial charge in [-0.3, -0.25) is 15.1 Å². The number of amides is 2. The number of hydrogen-bond donors (Lipinski definition) is 1. The number of ether oxygens (including phenoxy) is 1. The maximum absolute atomic E-state index is 13.0. The Morgan fingerprint density at radius 1 is 1.03 bits per heavy atom. The standard InChI is InChI=1S/C23H20N4O3/c1-27-19-13-6-5-11-17(19)20(18-12-7-8-14-24-18)25-21(22(27)28)26-23(29)30-15-16-9-3-2-4-10-16/h2-14,21H,15H2,1H3,(H,26,29). The molecule has 150 valence electrons. The Hall–Kier alpha value is -4.00. The van der Waals surface area contributed by atoms with E-state index in [1.54, 1.807) is 19.3 Å². The van der Waals surface area contributed by atoms with Gasteiger partial charge in [0.2, 0.25) is 6.17 Å². The number of alkyl carbamates (subject to hydrolysis) is 1. The summed E-state index contributed by atoms with van der Waals surface area (Å²) < 4.78 is 5.27. The summed E-state index contributed by atoms with van der Waals surface area (Å²) in [6.45, 7) is 0.0977. The van der Waals surface area contributed by atoms with Gasteiger partial charge in [-0.2, -0.15) is 0 Å². The molecular weight excluding hydrogens is 380 g/mol. The summed E-state index contributed by atoms with van der Waals surface area (Å²) in [6.07, 6.45) is -0.198. The predicted molar refractivity (Wildman–Crippen MR) is 113 cm³/mol. The number of aliphatic imine (C=N–C) groups is 1. The molecule has 4 rings (SSSR count). The number of hydrogen-bond acceptors (Lipinski definition) is 5. The van der Waals surface area contributed by atoms with Gasteiger partial charge in [-0.1, -0.05) is 54.6 Å². The van der Waals surface area contributed by atoms with Gasteiger partial charge in [0.05, 0.1) is 17.1 Å². The quantitative estimate of drug-likeness (QED) is 0.729. The highest BCUT2D eigenvalue weighted by Crippen LogP contribution is 2.26. The van der Waals surface area contributed by atoms with Crippen molar-refractivity contribution in [3.63, 3.8) is 0 Å². The molecule has 3 aromatic rings. The number of nitrogens with one attached hydrogen (secondary N) is 1. The number of anilines is 1. The van der Waals surface area contributed by atoms with E-state index in [9.17, 15) is 9.59 Å². The highest BCUT2D eigenvalue weighted by Gasteiger charge is 2.31. The molecule has 7 heteroatoms. The summed E-state index contributed by atoms with van der Waals surface area (Å²) in [5, 5.41) is 2.58. The van der Waals surface area contributed by atoms with Gasteiger partial charge < -0.3 is 9.64 Å². The number of para-hydroxylation sites is 1. The van der Waals surface area contributed by atoms with E-state index in [-0.39, 0.29) is 12.5 Å². The monoisotopic (exact) mass is 400 g/mol. The van der Waals surface area contributed by atoms with Crippen molar-refractivity contribution in [1.29, 1.82) is 0 Å². The summed E-state index contributed by atoms with van der Waals surface area (Å²) in [7, 11) is 1.65. The lowest BCUT2D eigenvalue weighted by molar-refractivity contribution is -0.120. The fraction of sp³-hybridized carbons (Fsp3) is 0.130. The molecule has 0 radical (unpaired) electrons. The molecule has 7 nitrogen and oxygen atoms in total. The normalized spacial score (nSPS) is 15.6. The molecule has 0 aliphatic carbocycles. The maximum atomic E-state index is 13.0. The fourth-order valence-electron chi connectivity index (χ4n) is 3.20. The van der Waals surface area contributed by atoms with E-state index in [2.05, 4.69) is 15.3 Å². The Labute approximate surface area is 174 Å². The van der Waals surface area contributed by atoms with Gasteiger partial charge in [0.1, 0.15) is 6.61 Å². The molecule has 1 aromatic heterocycles. The predicted octanol–water partition coefficient (Wildman–Crippen LogP) is 3.15. The molecule has 2 amide bonds. The first-order chi connectivity index (χ1) is 14.6. The van der Waals surface area contributed by atoms with Crippen LogP contribution in [-0.2, 0) is 16.1 Å². The van der Waals surface area contributed by atoms with Crippen LogP contribution in [0.4, 0.5) is 10.5 Å². The molecule has 2 aromatic carbocycles. The van der Waals surface area contributed by atoms with Gasteiger partial charge in [-0.25, -0.2) is 9.79 Å². The molecule has 0 fully saturated rings. The fourth-order valence-corrected chi connectivity index (χ4v) is 3.20. The summed E-state index contributed by atoms with van der Waals surface area (Å²) in [5.74, 6) is -0.370. The number of carbonyl (C=O) groups is 2. The minimum atomic E-state index is -1.14. The lowest BCUT2D eigenvalue weighted by atomic mass is 10.0. The van der Waals surface area contributed by atoms with Crippen molar-refractivity contribution >= 4 is 23.4 Å². The van der Waals surface area contributed by atoms with Crippen molar-refractivity contribution in [1.82, 2.24) is 10.3 Å². The molecular formula is C23H20N4O3. The Kier molecular flexibility index (Phi) is 5.52. The Balaban J connectivity index is 1.62. The molecule has 0 saturated heterocycles. The van der Waals surface area contributed by atoms with Crippen molar-refractivity contribution in [2.24, 2.45) is 4.99 Å². The number of pyridine rings is 1. The molecule has 1 aliphatic heterocycles. The minimum Gasteiger partial charge on any atom is -0.445 e. The number of benzodiazepines with no additional fused rings is 1. The average Bonchev–Trinajstić information content (AvgIpc) is 2.90. The highest BCUT2D eigenvalue weighted by atomic mass is 16.5. The zero-order valence-corrected chi connectivity index (χ0v) is 16.4. The number of nitrogens with zero attached hydrogens (tertiary/aromatic N) is 3. The third kappa shape index (κ3) is 4.05. The number of likely N-dealkylation sites (N-methyl/N-ethyl adjacent to an activating group) is 1. The first-order valence-corrected chi connectivity index (χ1v) is 9.47. The summed E-state index contributed by atoms with van der Waals surface area (Å²) in [6, 6.07) is 22.2. The van der Waals surface area contributed by atoms with Crippen LogP contribution < -0.4 is 10.2 Å². The van der Waals surface area contributed by atoms with E-state index < -0.39 is 12.3 Å². The molecule has 2 heterocycles. The molecule has 0 saturated carbocycles. The lowest BCUT2D eigenvalue weighted by Gasteiger charge is -2.20. The average molecular weight is 400 g/mol. The lowest BCUT2D eigenvalue weighted by Crippen LogP contribution is -2.46. The van der Waals surface area contributed by atoms with Crippen LogP contribution in [0, 0.1) is 0 Å². The molecule has 30 heavy (non-hydrogen) atoms. The number of benzene rings is 2. The smallest absolute Gasteiger partial charge is 0.409 e. The summed E-state index contributed by atoms with van der Waals surface area (Å²) in [4.78, 5) is 35.8. The minimum absolute atomic E-state index is 0.0977. The van der Waals surface area contributed by atoms with Crippen LogP contribution in [0.5, 0.6) is 0 Å². The van der Waals surface area contributed by atoms with Crippen LogP contribution in [-0.4, -0.2) is 35.9 Å². The van der Waals surface area contributed by atoms with E-state index in [1.807, 2.05) is 66.7 Å². The van der Waals surface area contributed by atoms with Gasteiger partial charge >= 0.3 is 6.09 Å². The van der Waals surface area contributed by atoms with Crippen LogP contribution in [0.1, 0.15) is 16.8 Å². The van der Waals surface area contributed by atoms with Gasteiger partial charge in [0.25, 0.3) is 5.91 Å². The molecule has 1 unspecified atom stereocenters. The molecule has 1 N–H and O–H groups in total. The number of rotatable bonds is 4. The molecule has 0 bridgehead atoms. The molecule has 1 atom stereocenters. The number of fused-ring (bicyclic) bond motifs is 1. The van der Waals surface area contributed by atoms with Crippen molar-refractivity contribution in [2.45, 2.75) is 12.8 Å². The first kappa shape index (κ1) is 19.3. The second kappa shape index (κ2) is 8.57. The van der Waals surface area contributed by atoms with E-state index in [4.69, 9.17) is 4.74 Å². The van der Waals surface area contributed by atoms with Crippen LogP contribution in [0.15, 0.2) is 84.0 Å². The zero-order valence-electron chi connectivity index (χ0n) is 16.4. The SMILES string of the molecule is CN1C(=O)C(NC(=O)OCc2ccccc2)N=C(c2ccccn2)c2ccccc21. The largest absolute Gasteiger partial charge is 0.445 e. The van der Waals surface area contributed by atoms with Gasteiger partial charge in [0.15, 0.2) is 0 Å². The maximum Gasteiger partial charge on any atom is 0.409 e. The third-order valence-electron chi connectivity index (χ3n) is 4.72. The van der Waals surface area contributed by atoms with Crippen LogP contribution in [0.25, 0.3) is 0 Å². The van der Waals surface area contributed by atoms with E-state index in [0.29, 0.717) is 17.1 Å². The van der Waals surface area contributed by atoms with Crippen LogP contribution in [0.2, 0.25) is 0 Å². The van der Waals surface area contributed by atoms with Gasteiger partial charge in [0, 0.05) is 18.8 Å². The summed E-state index contributed by atoms with van der Waals surface area (Å²) >= 11 is 0. The van der Waals surface area contributed by atoms with Crippen LogP contribution >= 0.6 is 0 Å². The van der Waals surface area contributed by atoms with Crippen LogP contribution in [0.3, 0.4) is 0 Å². The van der Waals surface area contributed by atoms with E-state index in [1.165, 1.54) is 4.90 Å². The molecule has 0 spiro atoms. The third-order valence-corrected chi connectivity index (χ3v) is 4.72. The highest BCUT2D eigenvalue weighted by molar-refractivity contribution is 6.19. The second-order valence-corrected chi connectivity index (χ2v) is 6.72. The summed E-state index contributed by atoms with van der Waals surface area (Å²) in [5.41, 5.74) is 3.43. The van der Waals surface area contributed by atoms with E-state index in [0.717, 1.165) is 11.1 Å². The number of aromatic nitrogens is 1. The second-order valence-electron chi connectivity index (χ2n) is 6.72. The molecule has 1 aliphatic rings. The topological polar surface area (TPSA) is 83.9 Å². The Morgan fingerprint density at radius 2 is 1.77 bits per heavy atom. The Morgan fingerprint density at radius 3 is 2.53 bits per heavy atom. The van der Waals surface area contributed by atoms with Gasteiger partial charge in [-0.05, 0) is 23.8 Å². The van der Waals surface area contributed by atoms with Crippen molar-refractivity contribution in [3.8, 4) is 0 Å². The van der Waals surface area contributed by atoms with E-state index >= 15 is 0 Å². The zero-order chi connectivity index (χ0) is 20.9. The van der Waals surface area contributed by atoms with Crippen molar-refractivity contribution in [3.05, 3.63) is 95.8 Å².